The molecule has 1 aromatic carbocycles. The molecule has 0 radical (unpaired) electrons. The monoisotopic (exact) mass is 588 g/mol. The van der Waals surface area contributed by atoms with Gasteiger partial charge in [-0.2, -0.15) is 0 Å². The van der Waals surface area contributed by atoms with Gasteiger partial charge >= 0.3 is 0 Å². The number of hydrogen-bond donors (Lipinski definition) is 5. The Balaban J connectivity index is 1.31. The van der Waals surface area contributed by atoms with E-state index in [1.165, 1.54) is 12.3 Å². The first-order valence-corrected chi connectivity index (χ1v) is 14.7. The zero-order valence-corrected chi connectivity index (χ0v) is 23.9. The Morgan fingerprint density at radius 2 is 2.00 bits per heavy atom. The van der Waals surface area contributed by atoms with E-state index >= 15 is 4.39 Å². The van der Waals surface area contributed by atoms with Crippen LogP contribution in [0.3, 0.4) is 0 Å². The quantitative estimate of drug-likeness (QED) is 0.211. The minimum Gasteiger partial charge on any atom is -0.503 e. The molecule has 3 unspecified atom stereocenters. The average molecular weight is 589 g/mol. The molecule has 2 amide bonds. The van der Waals surface area contributed by atoms with Crippen LogP contribution in [0.25, 0.3) is 10.9 Å². The Labute approximate surface area is 242 Å². The Hall–Kier alpha value is -3.15. The van der Waals surface area contributed by atoms with Gasteiger partial charge in [0.1, 0.15) is 11.9 Å². The number of carbonyl (C=O) groups excluding carboxylic acids is 2. The van der Waals surface area contributed by atoms with E-state index in [2.05, 4.69) is 10.6 Å². The number of nitrogens with zero attached hydrogens (tertiary/aromatic N) is 2. The summed E-state index contributed by atoms with van der Waals surface area (Å²) in [6.07, 6.45) is 9.91. The fraction of sp³-hybridized carbons (Fsp3) is 0.552. The average Bonchev–Trinajstić information content (AvgIpc) is 3.69. The van der Waals surface area contributed by atoms with E-state index in [4.69, 9.17) is 23.1 Å². The third-order valence-corrected chi connectivity index (χ3v) is 8.88. The van der Waals surface area contributed by atoms with Gasteiger partial charge in [0.15, 0.2) is 5.75 Å². The fourth-order valence-electron chi connectivity index (χ4n) is 6.10. The zero-order valence-electron chi connectivity index (χ0n) is 23.1. The van der Waals surface area contributed by atoms with Crippen LogP contribution in [0.2, 0.25) is 5.02 Å². The van der Waals surface area contributed by atoms with Crippen LogP contribution in [-0.2, 0) is 9.59 Å². The summed E-state index contributed by atoms with van der Waals surface area (Å²) in [4.78, 5) is 40.0. The van der Waals surface area contributed by atoms with Crippen molar-refractivity contribution < 1.29 is 19.1 Å². The second-order valence-electron chi connectivity index (χ2n) is 11.5. The molecule has 10 nitrogen and oxygen atoms in total. The second kappa shape index (κ2) is 12.0. The summed E-state index contributed by atoms with van der Waals surface area (Å²) >= 11 is 6.84. The molecule has 2 heterocycles. The lowest BCUT2D eigenvalue weighted by Gasteiger charge is -2.30. The van der Waals surface area contributed by atoms with Crippen LogP contribution in [0.15, 0.2) is 29.2 Å². The van der Waals surface area contributed by atoms with Crippen molar-refractivity contribution >= 4 is 40.0 Å². The standard InChI is InChI=1S/C29H38ClFN6O4/c1-15(34-29(41)21(33)6-2-3-10-32)28(40)35-22-7-4-5-16-12-36(13-19(16)22)26-20(31)11-18-25(24(26)30)37(17-8-9-17)14-23(38)27(18)39/h4,7,11,14-17,19,21-22,38H,2-3,5-6,8-10,12-13,32-33H2,1H3,(H,34,41)(H,35,40)/t15-,16?,19?,21+,22?/m1/s1. The van der Waals surface area contributed by atoms with Crippen molar-refractivity contribution in [3.63, 3.8) is 0 Å². The van der Waals surface area contributed by atoms with Crippen LogP contribution in [0.4, 0.5) is 10.1 Å². The van der Waals surface area contributed by atoms with Gasteiger partial charge in [-0.3, -0.25) is 14.4 Å². The highest BCUT2D eigenvalue weighted by Gasteiger charge is 2.41. The topological polar surface area (TPSA) is 156 Å². The molecule has 1 saturated heterocycles. The Kier molecular flexibility index (Phi) is 8.58. The lowest BCUT2D eigenvalue weighted by molar-refractivity contribution is -0.129. The van der Waals surface area contributed by atoms with Crippen LogP contribution >= 0.6 is 11.6 Å². The van der Waals surface area contributed by atoms with Crippen molar-refractivity contribution in [3.8, 4) is 5.75 Å². The van der Waals surface area contributed by atoms with Gasteiger partial charge in [-0.1, -0.05) is 30.2 Å². The van der Waals surface area contributed by atoms with Crippen molar-refractivity contribution in [3.05, 3.63) is 45.5 Å². The first kappa shape index (κ1) is 29.3. The molecule has 7 N–H and O–H groups in total. The number of aromatic hydroxyl groups is 1. The molecule has 1 aromatic heterocycles. The summed E-state index contributed by atoms with van der Waals surface area (Å²) < 4.78 is 17.4. The van der Waals surface area contributed by atoms with Crippen LogP contribution < -0.4 is 32.4 Å². The van der Waals surface area contributed by atoms with Crippen molar-refractivity contribution in [1.82, 2.24) is 15.2 Å². The van der Waals surface area contributed by atoms with Crippen LogP contribution in [0.1, 0.15) is 51.5 Å². The zero-order chi connectivity index (χ0) is 29.4. The molecule has 12 heteroatoms. The molecule has 41 heavy (non-hydrogen) atoms. The SMILES string of the molecule is C[C@@H](NC(=O)[C@@H](N)CCCCN)C(=O)NC1C=CCC2CN(c3c(F)cc4c(=O)c(O)cn(C5CC5)c4c3Cl)CC21. The summed E-state index contributed by atoms with van der Waals surface area (Å²) in [6, 6.07) is -0.527. The Morgan fingerprint density at radius 3 is 2.71 bits per heavy atom. The highest BCUT2D eigenvalue weighted by molar-refractivity contribution is 6.38. The van der Waals surface area contributed by atoms with Crippen LogP contribution in [0, 0.1) is 17.7 Å². The van der Waals surface area contributed by atoms with Gasteiger partial charge in [-0.15, -0.1) is 0 Å². The first-order chi connectivity index (χ1) is 19.6. The van der Waals surface area contributed by atoms with Crippen molar-refractivity contribution in [2.75, 3.05) is 24.5 Å². The third kappa shape index (κ3) is 5.93. The van der Waals surface area contributed by atoms with E-state index in [0.717, 1.165) is 32.1 Å². The molecule has 1 saturated carbocycles. The van der Waals surface area contributed by atoms with Crippen LogP contribution in [0.5, 0.6) is 5.75 Å². The van der Waals surface area contributed by atoms with E-state index in [-0.39, 0.29) is 51.8 Å². The van der Waals surface area contributed by atoms with Gasteiger partial charge in [0, 0.05) is 25.0 Å². The Morgan fingerprint density at radius 1 is 1.24 bits per heavy atom. The Bertz CT molecular complexity index is 1430. The molecular weight excluding hydrogens is 551 g/mol. The highest BCUT2D eigenvalue weighted by Crippen LogP contribution is 2.45. The molecule has 2 aromatic rings. The minimum absolute atomic E-state index is 0.0121. The molecule has 2 aliphatic carbocycles. The summed E-state index contributed by atoms with van der Waals surface area (Å²) in [5.74, 6) is -1.63. The minimum atomic E-state index is -0.780. The maximum absolute atomic E-state index is 15.6. The normalized spacial score (nSPS) is 23.3. The number of carbonyl (C=O) groups is 2. The van der Waals surface area contributed by atoms with E-state index in [0.29, 0.717) is 31.6 Å². The summed E-state index contributed by atoms with van der Waals surface area (Å²) in [5, 5.41) is 16.1. The number of unbranched alkanes of at least 4 members (excludes halogenated alkanes) is 1. The third-order valence-electron chi connectivity index (χ3n) is 8.52. The molecule has 5 rings (SSSR count). The predicted octanol–water partition coefficient (Wildman–Crippen LogP) is 2.29. The highest BCUT2D eigenvalue weighted by atomic mass is 35.5. The number of nitrogens with one attached hydrogen (secondary N) is 2. The van der Waals surface area contributed by atoms with E-state index in [9.17, 15) is 19.5 Å². The lowest BCUT2D eigenvalue weighted by atomic mass is 9.82. The number of aromatic nitrogens is 1. The number of allylic oxidation sites excluding steroid dienone is 1. The molecule has 5 atom stereocenters. The number of hydrogen-bond acceptors (Lipinski definition) is 7. The van der Waals surface area contributed by atoms with Crippen LogP contribution in [-0.4, -0.2) is 59.2 Å². The predicted molar refractivity (Wildman–Crippen MR) is 156 cm³/mol. The van der Waals surface area contributed by atoms with E-state index in [1.807, 2.05) is 17.1 Å². The number of amides is 2. The van der Waals surface area contributed by atoms with Crippen molar-refractivity contribution in [2.45, 2.75) is 69.6 Å². The number of halogens is 2. The summed E-state index contributed by atoms with van der Waals surface area (Å²) in [7, 11) is 0. The number of anilines is 1. The van der Waals surface area contributed by atoms with Crippen molar-refractivity contribution in [1.29, 1.82) is 0 Å². The molecule has 2 fully saturated rings. The van der Waals surface area contributed by atoms with E-state index < -0.39 is 29.1 Å². The maximum atomic E-state index is 15.6. The number of rotatable bonds is 10. The molecule has 0 bridgehead atoms. The molecular formula is C29H38ClFN6O4. The number of pyridine rings is 1. The molecule has 0 spiro atoms. The number of benzene rings is 1. The lowest BCUT2D eigenvalue weighted by Crippen LogP contribution is -2.53. The van der Waals surface area contributed by atoms with Gasteiger partial charge in [0.05, 0.1) is 39.9 Å². The second-order valence-corrected chi connectivity index (χ2v) is 11.9. The number of nitrogens with two attached hydrogens (primary N) is 2. The van der Waals surface area contributed by atoms with Gasteiger partial charge < -0.3 is 36.7 Å². The maximum Gasteiger partial charge on any atom is 0.242 e. The molecule has 222 valence electrons. The first-order valence-electron chi connectivity index (χ1n) is 14.3. The fourth-order valence-corrected chi connectivity index (χ4v) is 6.50. The van der Waals surface area contributed by atoms with Gasteiger partial charge in [-0.25, -0.2) is 4.39 Å². The van der Waals surface area contributed by atoms with Crippen molar-refractivity contribution in [2.24, 2.45) is 23.3 Å². The summed E-state index contributed by atoms with van der Waals surface area (Å²) in [5.41, 5.74) is 11.5. The largest absolute Gasteiger partial charge is 0.503 e. The molecule has 3 aliphatic rings. The number of fused-ring (bicyclic) bond motifs is 2. The molecule has 1 aliphatic heterocycles. The van der Waals surface area contributed by atoms with Gasteiger partial charge in [0.25, 0.3) is 0 Å². The smallest absolute Gasteiger partial charge is 0.242 e. The van der Waals surface area contributed by atoms with Gasteiger partial charge in [-0.05, 0) is 57.6 Å². The summed E-state index contributed by atoms with van der Waals surface area (Å²) in [6.45, 7) is 3.12. The van der Waals surface area contributed by atoms with Gasteiger partial charge in [0.2, 0.25) is 17.2 Å². The van der Waals surface area contributed by atoms with E-state index in [1.54, 1.807) is 11.5 Å².